The SMILES string of the molecule is N#CC(=C=N)C=C1CCCC(C=C(C#N)C#N)=C1Cl. The lowest BCUT2D eigenvalue weighted by molar-refractivity contribution is 0.791. The van der Waals surface area contributed by atoms with E-state index in [-0.39, 0.29) is 11.1 Å². The fourth-order valence-electron chi connectivity index (χ4n) is 1.70. The highest BCUT2D eigenvalue weighted by molar-refractivity contribution is 6.32. The van der Waals surface area contributed by atoms with Crippen molar-refractivity contribution in [2.45, 2.75) is 19.3 Å². The molecule has 1 rings (SSSR count). The topological polar surface area (TPSA) is 95.2 Å². The minimum absolute atomic E-state index is 0.00231. The van der Waals surface area contributed by atoms with Crippen molar-refractivity contribution >= 4 is 17.5 Å². The number of nitriles is 3. The average molecular weight is 269 g/mol. The molecule has 4 nitrogen and oxygen atoms in total. The number of allylic oxidation sites excluding steroid dienone is 7. The summed E-state index contributed by atoms with van der Waals surface area (Å²) < 4.78 is 0. The zero-order chi connectivity index (χ0) is 14.3. The van der Waals surface area contributed by atoms with Crippen LogP contribution in [0.25, 0.3) is 0 Å². The molecule has 0 amide bonds. The van der Waals surface area contributed by atoms with E-state index in [0.717, 1.165) is 12.0 Å². The Kier molecular flexibility index (Phi) is 5.34. The van der Waals surface area contributed by atoms with Gasteiger partial charge < -0.3 is 0 Å². The van der Waals surface area contributed by atoms with Gasteiger partial charge in [0.25, 0.3) is 0 Å². The summed E-state index contributed by atoms with van der Waals surface area (Å²) in [5.41, 5.74) is 1.53. The second-order valence-corrected chi connectivity index (χ2v) is 4.17. The largest absolute Gasteiger partial charge is 0.258 e. The van der Waals surface area contributed by atoms with Crippen molar-refractivity contribution in [3.05, 3.63) is 39.5 Å². The Morgan fingerprint density at radius 3 is 2.37 bits per heavy atom. The maximum absolute atomic E-state index is 8.76. The first kappa shape index (κ1) is 14.5. The number of nitrogens with one attached hydrogen (secondary N) is 1. The number of halogens is 1. The molecule has 0 saturated carbocycles. The fraction of sp³-hybridized carbons (Fsp3) is 0.214. The van der Waals surface area contributed by atoms with E-state index in [0.29, 0.717) is 23.4 Å². The fourth-order valence-corrected chi connectivity index (χ4v) is 2.00. The van der Waals surface area contributed by atoms with Gasteiger partial charge in [0, 0.05) is 5.03 Å². The number of nitrogens with zero attached hydrogens (tertiary/aromatic N) is 3. The van der Waals surface area contributed by atoms with E-state index in [2.05, 4.69) is 0 Å². The van der Waals surface area contributed by atoms with Crippen molar-refractivity contribution < 1.29 is 0 Å². The molecule has 0 aliphatic heterocycles. The van der Waals surface area contributed by atoms with Gasteiger partial charge in [0.1, 0.15) is 29.4 Å². The Bertz CT molecular complexity index is 637. The van der Waals surface area contributed by atoms with E-state index in [1.54, 1.807) is 12.1 Å². The number of hydrogen-bond donors (Lipinski definition) is 1. The van der Waals surface area contributed by atoms with Gasteiger partial charge in [-0.2, -0.15) is 15.8 Å². The summed E-state index contributed by atoms with van der Waals surface area (Å²) in [7, 11) is 0. The molecule has 1 N–H and O–H groups in total. The molecule has 92 valence electrons. The maximum atomic E-state index is 8.76. The lowest BCUT2D eigenvalue weighted by Crippen LogP contribution is -1.99. The first-order valence-electron chi connectivity index (χ1n) is 5.47. The maximum Gasteiger partial charge on any atom is 0.129 e. The van der Waals surface area contributed by atoms with Crippen molar-refractivity contribution in [2.75, 3.05) is 0 Å². The number of hydrogen-bond acceptors (Lipinski definition) is 4. The highest BCUT2D eigenvalue weighted by atomic mass is 35.5. The van der Waals surface area contributed by atoms with Crippen LogP contribution in [0.3, 0.4) is 0 Å². The summed E-state index contributed by atoms with van der Waals surface area (Å²) in [6, 6.07) is 5.41. The molecular weight excluding hydrogens is 260 g/mol. The summed E-state index contributed by atoms with van der Waals surface area (Å²) in [6.07, 6.45) is 5.17. The van der Waals surface area contributed by atoms with Crippen LogP contribution < -0.4 is 0 Å². The van der Waals surface area contributed by atoms with E-state index in [1.807, 2.05) is 11.9 Å². The van der Waals surface area contributed by atoms with E-state index in [9.17, 15) is 0 Å². The molecule has 0 saturated heterocycles. The van der Waals surface area contributed by atoms with Gasteiger partial charge in [0.2, 0.25) is 0 Å². The Morgan fingerprint density at radius 2 is 1.84 bits per heavy atom. The molecule has 0 radical (unpaired) electrons. The van der Waals surface area contributed by atoms with Crippen LogP contribution in [0.15, 0.2) is 39.5 Å². The molecular formula is C14H9ClN4. The van der Waals surface area contributed by atoms with Crippen molar-refractivity contribution in [1.82, 2.24) is 0 Å². The van der Waals surface area contributed by atoms with Crippen LogP contribution in [0.5, 0.6) is 0 Å². The standard InChI is InChI=1S/C14H9ClN4/c15-14-12(4-10(6-16)7-17)2-1-3-13(14)5-11(8-18)9-19/h4-5,16H,1-3H2. The van der Waals surface area contributed by atoms with Crippen LogP contribution in [-0.4, -0.2) is 5.87 Å². The molecule has 0 atom stereocenters. The third-order valence-corrected chi connectivity index (χ3v) is 3.07. The monoisotopic (exact) mass is 268 g/mol. The van der Waals surface area contributed by atoms with Gasteiger partial charge in [0.15, 0.2) is 0 Å². The van der Waals surface area contributed by atoms with Gasteiger partial charge in [-0.1, -0.05) is 11.6 Å². The first-order valence-corrected chi connectivity index (χ1v) is 5.85. The molecule has 0 aromatic carbocycles. The molecule has 0 aromatic rings. The minimum atomic E-state index is -0.00231. The smallest absolute Gasteiger partial charge is 0.129 e. The first-order chi connectivity index (χ1) is 9.15. The second-order valence-electron chi connectivity index (χ2n) is 3.79. The van der Waals surface area contributed by atoms with Crippen LogP contribution in [0.2, 0.25) is 0 Å². The van der Waals surface area contributed by atoms with Crippen LogP contribution in [0.4, 0.5) is 0 Å². The molecule has 1 aliphatic rings. The Labute approximate surface area is 116 Å². The Hall–Kier alpha value is -2.57. The molecule has 1 aliphatic carbocycles. The summed E-state index contributed by atoms with van der Waals surface area (Å²) in [6.45, 7) is 0. The normalized spacial score (nSPS) is 15.8. The quantitative estimate of drug-likeness (QED) is 0.615. The molecule has 0 unspecified atom stereocenters. The van der Waals surface area contributed by atoms with E-state index >= 15 is 0 Å². The number of rotatable bonds is 2. The molecule has 5 heteroatoms. The second kappa shape index (κ2) is 7.00. The highest BCUT2D eigenvalue weighted by Crippen LogP contribution is 2.34. The molecule has 0 bridgehead atoms. The van der Waals surface area contributed by atoms with Crippen LogP contribution >= 0.6 is 11.6 Å². The molecule has 0 aromatic heterocycles. The van der Waals surface area contributed by atoms with Crippen LogP contribution in [-0.2, 0) is 0 Å². The van der Waals surface area contributed by atoms with E-state index in [4.69, 9.17) is 32.8 Å². The van der Waals surface area contributed by atoms with Crippen LogP contribution in [0.1, 0.15) is 19.3 Å². The zero-order valence-electron chi connectivity index (χ0n) is 10.00. The molecule has 0 fully saturated rings. The Balaban J connectivity index is 3.26. The third kappa shape index (κ3) is 3.70. The Morgan fingerprint density at radius 1 is 1.16 bits per heavy atom. The van der Waals surface area contributed by atoms with E-state index < -0.39 is 0 Å². The van der Waals surface area contributed by atoms with Crippen molar-refractivity contribution in [3.8, 4) is 18.2 Å². The summed E-state index contributed by atoms with van der Waals surface area (Å²) in [5.74, 6) is 2.03. The highest BCUT2D eigenvalue weighted by Gasteiger charge is 2.15. The van der Waals surface area contributed by atoms with Gasteiger partial charge in [-0.15, -0.1) is 0 Å². The van der Waals surface area contributed by atoms with Gasteiger partial charge in [0.05, 0.1) is 0 Å². The lowest BCUT2D eigenvalue weighted by Gasteiger charge is -2.16. The van der Waals surface area contributed by atoms with Crippen molar-refractivity contribution in [3.63, 3.8) is 0 Å². The zero-order valence-corrected chi connectivity index (χ0v) is 10.8. The molecule has 19 heavy (non-hydrogen) atoms. The van der Waals surface area contributed by atoms with Gasteiger partial charge in [-0.05, 0) is 48.4 Å². The summed E-state index contributed by atoms with van der Waals surface area (Å²) in [4.78, 5) is 0. The van der Waals surface area contributed by atoms with Crippen LogP contribution in [0, 0.1) is 39.4 Å². The van der Waals surface area contributed by atoms with Crippen molar-refractivity contribution in [2.24, 2.45) is 0 Å². The van der Waals surface area contributed by atoms with Gasteiger partial charge in [-0.3, -0.25) is 5.41 Å². The molecule has 0 heterocycles. The minimum Gasteiger partial charge on any atom is -0.258 e. The van der Waals surface area contributed by atoms with Crippen molar-refractivity contribution in [1.29, 1.82) is 21.2 Å². The summed E-state index contributed by atoms with van der Waals surface area (Å²) >= 11 is 6.20. The molecule has 0 spiro atoms. The third-order valence-electron chi connectivity index (χ3n) is 2.59. The van der Waals surface area contributed by atoms with E-state index in [1.165, 1.54) is 12.2 Å². The predicted octanol–water partition coefficient (Wildman–Crippen LogP) is 3.26. The lowest BCUT2D eigenvalue weighted by atomic mass is 9.92. The summed E-state index contributed by atoms with van der Waals surface area (Å²) in [5, 5.41) is 33.6. The van der Waals surface area contributed by atoms with Gasteiger partial charge in [-0.25, -0.2) is 0 Å². The van der Waals surface area contributed by atoms with Gasteiger partial charge >= 0.3 is 0 Å². The average Bonchev–Trinajstić information content (AvgIpc) is 2.45. The predicted molar refractivity (Wildman–Crippen MR) is 71.0 cm³/mol.